The van der Waals surface area contributed by atoms with E-state index in [1.54, 1.807) is 18.2 Å². The number of hydrogen-bond donors (Lipinski definition) is 1. The molecule has 0 radical (unpaired) electrons. The average molecular weight is 269 g/mol. The zero-order valence-corrected chi connectivity index (χ0v) is 11.1. The number of rotatable bonds is 5. The molecule has 1 aromatic carbocycles. The number of amides is 1. The second-order valence-corrected chi connectivity index (χ2v) is 5.82. The molecule has 2 rings (SSSR count). The van der Waals surface area contributed by atoms with Crippen molar-refractivity contribution in [2.75, 3.05) is 25.5 Å². The number of nitrogens with one attached hydrogen (secondary N) is 1. The van der Waals surface area contributed by atoms with Crippen molar-refractivity contribution >= 4 is 17.7 Å². The Bertz CT molecular complexity index is 435. The number of thioether (sulfide) groups is 1. The van der Waals surface area contributed by atoms with Gasteiger partial charge < -0.3 is 10.1 Å². The second-order valence-electron chi connectivity index (χ2n) is 4.80. The molecule has 1 fully saturated rings. The summed E-state index contributed by atoms with van der Waals surface area (Å²) in [5.74, 6) is -0.122. The van der Waals surface area contributed by atoms with Crippen LogP contribution in [0.1, 0.15) is 6.92 Å². The van der Waals surface area contributed by atoms with Crippen LogP contribution in [0.2, 0.25) is 0 Å². The van der Waals surface area contributed by atoms with E-state index in [9.17, 15) is 9.18 Å². The molecule has 0 aromatic heterocycles. The summed E-state index contributed by atoms with van der Waals surface area (Å²) in [6.45, 7) is 4.06. The highest BCUT2D eigenvalue weighted by Gasteiger charge is 2.33. The van der Waals surface area contributed by atoms with Crippen molar-refractivity contribution < 1.29 is 13.9 Å². The Labute approximate surface area is 110 Å². The number of benzene rings is 1. The van der Waals surface area contributed by atoms with Crippen LogP contribution in [0, 0.1) is 11.2 Å². The summed E-state index contributed by atoms with van der Waals surface area (Å²) < 4.78 is 18.4. The third-order valence-electron chi connectivity index (χ3n) is 2.81. The molecule has 0 aliphatic carbocycles. The van der Waals surface area contributed by atoms with Crippen molar-refractivity contribution in [1.29, 1.82) is 0 Å². The number of carbonyl (C=O) groups is 1. The van der Waals surface area contributed by atoms with Crippen LogP contribution in [0.15, 0.2) is 29.2 Å². The molecule has 1 saturated heterocycles. The van der Waals surface area contributed by atoms with Gasteiger partial charge in [-0.25, -0.2) is 4.39 Å². The molecule has 5 heteroatoms. The molecule has 1 amide bonds. The zero-order valence-electron chi connectivity index (χ0n) is 10.2. The van der Waals surface area contributed by atoms with Crippen LogP contribution < -0.4 is 5.32 Å². The van der Waals surface area contributed by atoms with Gasteiger partial charge in [0.2, 0.25) is 5.91 Å². The normalized spacial score (nSPS) is 17.0. The first-order valence-corrected chi connectivity index (χ1v) is 6.79. The van der Waals surface area contributed by atoms with E-state index in [4.69, 9.17) is 4.74 Å². The lowest BCUT2D eigenvalue weighted by Crippen LogP contribution is -2.48. The lowest BCUT2D eigenvalue weighted by atomic mass is 9.89. The van der Waals surface area contributed by atoms with Crippen molar-refractivity contribution in [3.63, 3.8) is 0 Å². The van der Waals surface area contributed by atoms with Gasteiger partial charge in [-0.1, -0.05) is 19.1 Å². The lowest BCUT2D eigenvalue weighted by molar-refractivity contribution is -0.124. The summed E-state index contributed by atoms with van der Waals surface area (Å²) >= 11 is 1.21. The fourth-order valence-corrected chi connectivity index (χ4v) is 2.39. The minimum absolute atomic E-state index is 0.0678. The molecule has 0 spiro atoms. The van der Waals surface area contributed by atoms with E-state index in [1.807, 2.05) is 0 Å². The first-order valence-electron chi connectivity index (χ1n) is 5.81. The SMILES string of the molecule is CC1(CNC(=O)CSc2ccccc2F)COC1. The van der Waals surface area contributed by atoms with Crippen LogP contribution >= 0.6 is 11.8 Å². The van der Waals surface area contributed by atoms with Gasteiger partial charge in [0.15, 0.2) is 0 Å². The van der Waals surface area contributed by atoms with Gasteiger partial charge in [0.1, 0.15) is 5.82 Å². The van der Waals surface area contributed by atoms with E-state index >= 15 is 0 Å². The largest absolute Gasteiger partial charge is 0.380 e. The van der Waals surface area contributed by atoms with Crippen molar-refractivity contribution in [3.8, 4) is 0 Å². The van der Waals surface area contributed by atoms with Gasteiger partial charge in [-0.3, -0.25) is 4.79 Å². The maximum Gasteiger partial charge on any atom is 0.230 e. The Hall–Kier alpha value is -1.07. The molecule has 1 aliphatic heterocycles. The smallest absolute Gasteiger partial charge is 0.230 e. The molecule has 1 aliphatic rings. The number of halogens is 1. The topological polar surface area (TPSA) is 38.3 Å². The number of ether oxygens (including phenoxy) is 1. The molecular weight excluding hydrogens is 253 g/mol. The van der Waals surface area contributed by atoms with E-state index in [1.165, 1.54) is 17.8 Å². The van der Waals surface area contributed by atoms with Gasteiger partial charge in [0, 0.05) is 16.9 Å². The van der Waals surface area contributed by atoms with E-state index in [0.29, 0.717) is 24.7 Å². The third kappa shape index (κ3) is 3.46. The third-order valence-corrected chi connectivity index (χ3v) is 3.86. The van der Waals surface area contributed by atoms with Gasteiger partial charge >= 0.3 is 0 Å². The summed E-state index contributed by atoms with van der Waals surface area (Å²) in [5, 5.41) is 2.85. The van der Waals surface area contributed by atoms with E-state index < -0.39 is 0 Å². The highest BCUT2D eigenvalue weighted by atomic mass is 32.2. The molecule has 18 heavy (non-hydrogen) atoms. The van der Waals surface area contributed by atoms with Crippen LogP contribution in [0.5, 0.6) is 0 Å². The molecule has 0 bridgehead atoms. The summed E-state index contributed by atoms with van der Waals surface area (Å²) in [6, 6.07) is 6.47. The van der Waals surface area contributed by atoms with E-state index in [0.717, 1.165) is 0 Å². The summed E-state index contributed by atoms with van der Waals surface area (Å²) in [5.41, 5.74) is 0.0678. The second kappa shape index (κ2) is 5.71. The van der Waals surface area contributed by atoms with Gasteiger partial charge in [0.25, 0.3) is 0 Å². The molecule has 1 heterocycles. The quantitative estimate of drug-likeness (QED) is 0.832. The van der Waals surface area contributed by atoms with Crippen molar-refractivity contribution in [1.82, 2.24) is 5.32 Å². The first kappa shape index (κ1) is 13.4. The Morgan fingerprint density at radius 3 is 2.83 bits per heavy atom. The molecule has 3 nitrogen and oxygen atoms in total. The van der Waals surface area contributed by atoms with E-state index in [-0.39, 0.29) is 22.9 Å². The summed E-state index contributed by atoms with van der Waals surface area (Å²) in [6.07, 6.45) is 0. The molecule has 1 aromatic rings. The molecular formula is C13H16FNO2S. The van der Waals surface area contributed by atoms with Crippen molar-refractivity contribution in [3.05, 3.63) is 30.1 Å². The van der Waals surface area contributed by atoms with Gasteiger partial charge in [0.05, 0.1) is 19.0 Å². The summed E-state index contributed by atoms with van der Waals surface area (Å²) in [7, 11) is 0. The Balaban J connectivity index is 1.73. The summed E-state index contributed by atoms with van der Waals surface area (Å²) in [4.78, 5) is 12.1. The molecule has 0 saturated carbocycles. The standard InChI is InChI=1S/C13H16FNO2S/c1-13(8-17-9-13)7-15-12(16)6-18-11-5-3-2-4-10(11)14/h2-5H,6-9H2,1H3,(H,15,16). The Kier molecular flexibility index (Phi) is 4.24. The van der Waals surface area contributed by atoms with Gasteiger partial charge in [-0.05, 0) is 12.1 Å². The van der Waals surface area contributed by atoms with Crippen LogP contribution in [-0.4, -0.2) is 31.4 Å². The lowest BCUT2D eigenvalue weighted by Gasteiger charge is -2.38. The predicted octanol–water partition coefficient (Wildman–Crippen LogP) is 2.07. The highest BCUT2D eigenvalue weighted by molar-refractivity contribution is 8.00. The van der Waals surface area contributed by atoms with Crippen LogP contribution in [-0.2, 0) is 9.53 Å². The molecule has 0 atom stereocenters. The van der Waals surface area contributed by atoms with Gasteiger partial charge in [-0.15, -0.1) is 11.8 Å². The van der Waals surface area contributed by atoms with Crippen LogP contribution in [0.3, 0.4) is 0 Å². The predicted molar refractivity (Wildman–Crippen MR) is 69.1 cm³/mol. The first-order chi connectivity index (χ1) is 8.59. The molecule has 98 valence electrons. The van der Waals surface area contributed by atoms with Crippen molar-refractivity contribution in [2.24, 2.45) is 5.41 Å². The maximum absolute atomic E-state index is 13.3. The van der Waals surface area contributed by atoms with Crippen LogP contribution in [0.4, 0.5) is 4.39 Å². The molecule has 1 N–H and O–H groups in total. The zero-order chi connectivity index (χ0) is 13.0. The van der Waals surface area contributed by atoms with Crippen molar-refractivity contribution in [2.45, 2.75) is 11.8 Å². The average Bonchev–Trinajstić information content (AvgIpc) is 2.33. The minimum Gasteiger partial charge on any atom is -0.380 e. The fourth-order valence-electron chi connectivity index (χ4n) is 1.62. The maximum atomic E-state index is 13.3. The van der Waals surface area contributed by atoms with E-state index in [2.05, 4.69) is 12.2 Å². The monoisotopic (exact) mass is 269 g/mol. The number of carbonyl (C=O) groups excluding carboxylic acids is 1. The Morgan fingerprint density at radius 2 is 2.22 bits per heavy atom. The fraction of sp³-hybridized carbons (Fsp3) is 0.462. The Morgan fingerprint density at radius 1 is 1.50 bits per heavy atom. The molecule has 0 unspecified atom stereocenters. The minimum atomic E-state index is -0.283. The highest BCUT2D eigenvalue weighted by Crippen LogP contribution is 2.25. The van der Waals surface area contributed by atoms with Crippen LogP contribution in [0.25, 0.3) is 0 Å². The number of hydrogen-bond acceptors (Lipinski definition) is 3. The van der Waals surface area contributed by atoms with Gasteiger partial charge in [-0.2, -0.15) is 0 Å².